The molecule has 0 unspecified atom stereocenters. The standard InChI is InChI=1S/C91H55NOS/c1-3-20-56(21-4-1)58-42-44-59(45-43-58)64-51-53-72-79(55-64)86(75-34-17-40-83-89(75)74-31-13-14-39-82(74)93-83)69-29-11-12-30-70(69)88(72)81-38-19-37-80(92-81)73-33-18-41-84-90(73)77-36-16-35-76(91(77)94-84)87-68-28-10-9-27-67(68)85(71-52-50-63(54-78(71)87)57-22-5-2-6-23-57)62-48-46-61(47-49-62)66-32-15-25-60-24-7-8-26-65(60)66/h1-55H. The lowest BCUT2D eigenvalue weighted by molar-refractivity contribution is 0.669. The molecule has 0 amide bonds. The van der Waals surface area contributed by atoms with Crippen LogP contribution in [0, 0.1) is 0 Å². The number of hydrogen-bond donors (Lipinski definition) is 0. The van der Waals surface area contributed by atoms with Crippen molar-refractivity contribution in [1.29, 1.82) is 0 Å². The van der Waals surface area contributed by atoms with Gasteiger partial charge in [0.15, 0.2) is 0 Å². The maximum absolute atomic E-state index is 6.59. The van der Waals surface area contributed by atoms with Gasteiger partial charge >= 0.3 is 0 Å². The molecule has 0 saturated heterocycles. The van der Waals surface area contributed by atoms with Gasteiger partial charge in [-0.2, -0.15) is 0 Å². The number of pyridine rings is 1. The molecule has 16 aromatic carbocycles. The van der Waals surface area contributed by atoms with Crippen LogP contribution in [0.2, 0.25) is 0 Å². The Morgan fingerprint density at radius 3 is 1.38 bits per heavy atom. The highest BCUT2D eigenvalue weighted by molar-refractivity contribution is 7.26. The van der Waals surface area contributed by atoms with Crippen molar-refractivity contribution in [1.82, 2.24) is 4.98 Å². The van der Waals surface area contributed by atoms with Gasteiger partial charge in [0, 0.05) is 47.6 Å². The average Bonchev–Trinajstić information content (AvgIpc) is 1.16. The van der Waals surface area contributed by atoms with Gasteiger partial charge in [-0.3, -0.25) is 0 Å². The van der Waals surface area contributed by atoms with Crippen LogP contribution in [0.3, 0.4) is 0 Å². The molecule has 436 valence electrons. The number of thiophene rings is 1. The first-order chi connectivity index (χ1) is 46.6. The minimum absolute atomic E-state index is 0.872. The first kappa shape index (κ1) is 53.8. The van der Waals surface area contributed by atoms with Crippen LogP contribution in [0.1, 0.15) is 0 Å². The summed E-state index contributed by atoms with van der Waals surface area (Å²) in [6.45, 7) is 0. The molecule has 0 fully saturated rings. The number of fused-ring (bicyclic) bond motifs is 11. The number of rotatable bonds is 9. The Labute approximate surface area is 547 Å². The smallest absolute Gasteiger partial charge is 0.136 e. The summed E-state index contributed by atoms with van der Waals surface area (Å²) in [7, 11) is 0. The van der Waals surface area contributed by atoms with Gasteiger partial charge in [-0.1, -0.05) is 291 Å². The van der Waals surface area contributed by atoms with Crippen LogP contribution in [-0.4, -0.2) is 4.98 Å². The van der Waals surface area contributed by atoms with Gasteiger partial charge in [0.05, 0.1) is 11.4 Å². The molecule has 0 saturated carbocycles. The highest BCUT2D eigenvalue weighted by atomic mass is 32.1. The summed E-state index contributed by atoms with van der Waals surface area (Å²) < 4.78 is 9.07. The highest BCUT2D eigenvalue weighted by Gasteiger charge is 2.25. The van der Waals surface area contributed by atoms with E-state index in [2.05, 4.69) is 334 Å². The number of hydrogen-bond acceptors (Lipinski definition) is 3. The third kappa shape index (κ3) is 8.67. The van der Waals surface area contributed by atoms with E-state index in [1.807, 2.05) is 11.3 Å². The van der Waals surface area contributed by atoms with Crippen molar-refractivity contribution in [2.45, 2.75) is 0 Å². The van der Waals surface area contributed by atoms with Crippen LogP contribution in [0.15, 0.2) is 338 Å². The quantitative estimate of drug-likeness (QED) is 0.135. The number of aromatic nitrogens is 1. The molecule has 0 spiro atoms. The summed E-state index contributed by atoms with van der Waals surface area (Å²) in [5.41, 5.74) is 22.5. The zero-order chi connectivity index (χ0) is 61.8. The molecule has 0 atom stereocenters. The molecule has 3 heteroatoms. The van der Waals surface area contributed by atoms with Gasteiger partial charge in [0.25, 0.3) is 0 Å². The van der Waals surface area contributed by atoms with Crippen molar-refractivity contribution in [2.24, 2.45) is 0 Å². The first-order valence-corrected chi connectivity index (χ1v) is 33.0. The van der Waals surface area contributed by atoms with Crippen LogP contribution in [-0.2, 0) is 0 Å². The minimum Gasteiger partial charge on any atom is -0.456 e. The fourth-order valence-corrected chi connectivity index (χ4v) is 16.5. The molecule has 3 heterocycles. The van der Waals surface area contributed by atoms with Crippen LogP contribution < -0.4 is 0 Å². The van der Waals surface area contributed by atoms with Crippen molar-refractivity contribution in [2.75, 3.05) is 0 Å². The van der Waals surface area contributed by atoms with Crippen LogP contribution in [0.25, 0.3) is 196 Å². The summed E-state index contributed by atoms with van der Waals surface area (Å²) in [6.07, 6.45) is 0. The monoisotopic (exact) mass is 1210 g/mol. The fourth-order valence-electron chi connectivity index (χ4n) is 15.3. The molecule has 19 aromatic rings. The summed E-state index contributed by atoms with van der Waals surface area (Å²) in [4.78, 5) is 5.82. The van der Waals surface area contributed by atoms with E-state index >= 15 is 0 Å². The van der Waals surface area contributed by atoms with Crippen LogP contribution in [0.5, 0.6) is 0 Å². The number of benzene rings is 16. The molecule has 0 aliphatic rings. The fraction of sp³-hybridized carbons (Fsp3) is 0. The van der Waals surface area contributed by atoms with Crippen LogP contribution in [0.4, 0.5) is 0 Å². The lowest BCUT2D eigenvalue weighted by Gasteiger charge is -2.19. The predicted octanol–water partition coefficient (Wildman–Crippen LogP) is 26.1. The second-order valence-corrected chi connectivity index (χ2v) is 25.7. The Balaban J connectivity index is 0.793. The zero-order valence-corrected chi connectivity index (χ0v) is 51.8. The Kier molecular flexibility index (Phi) is 12.5. The van der Waals surface area contributed by atoms with Crippen molar-refractivity contribution >= 4 is 107 Å². The zero-order valence-electron chi connectivity index (χ0n) is 51.0. The lowest BCUT2D eigenvalue weighted by Crippen LogP contribution is -1.95. The van der Waals surface area contributed by atoms with E-state index in [4.69, 9.17) is 9.40 Å². The molecule has 0 aliphatic heterocycles. The third-order valence-corrected chi connectivity index (χ3v) is 20.7. The third-order valence-electron chi connectivity index (χ3n) is 19.5. The van der Waals surface area contributed by atoms with E-state index in [-0.39, 0.29) is 0 Å². The summed E-state index contributed by atoms with van der Waals surface area (Å²) >= 11 is 1.88. The maximum atomic E-state index is 6.59. The molecule has 94 heavy (non-hydrogen) atoms. The summed E-state index contributed by atoms with van der Waals surface area (Å²) in [5.74, 6) is 0. The highest BCUT2D eigenvalue weighted by Crippen LogP contribution is 2.52. The molecule has 3 aromatic heterocycles. The maximum Gasteiger partial charge on any atom is 0.136 e. The second kappa shape index (κ2) is 21.9. The Bertz CT molecular complexity index is 6250. The topological polar surface area (TPSA) is 26.0 Å². The van der Waals surface area contributed by atoms with Gasteiger partial charge in [-0.25, -0.2) is 4.98 Å². The van der Waals surface area contributed by atoms with E-state index in [0.29, 0.717) is 0 Å². The molecule has 0 aliphatic carbocycles. The predicted molar refractivity (Wildman–Crippen MR) is 401 cm³/mol. The molecule has 2 nitrogen and oxygen atoms in total. The van der Waals surface area contributed by atoms with Gasteiger partial charge in [0.1, 0.15) is 11.2 Å². The Morgan fingerprint density at radius 1 is 0.223 bits per heavy atom. The molecule has 19 rings (SSSR count). The van der Waals surface area contributed by atoms with E-state index in [9.17, 15) is 0 Å². The molecular weight excluding hydrogens is 1160 g/mol. The van der Waals surface area contributed by atoms with Crippen molar-refractivity contribution in [3.63, 3.8) is 0 Å². The van der Waals surface area contributed by atoms with Gasteiger partial charge in [-0.15, -0.1) is 11.3 Å². The van der Waals surface area contributed by atoms with E-state index in [0.717, 1.165) is 82.7 Å². The molecule has 0 radical (unpaired) electrons. The number of para-hydroxylation sites is 1. The molecular formula is C91H55NOS. The summed E-state index contributed by atoms with van der Waals surface area (Å²) in [5, 5.41) is 16.6. The van der Waals surface area contributed by atoms with Gasteiger partial charge in [0.2, 0.25) is 0 Å². The summed E-state index contributed by atoms with van der Waals surface area (Å²) in [6, 6.07) is 122. The van der Waals surface area contributed by atoms with E-state index < -0.39 is 0 Å². The van der Waals surface area contributed by atoms with Gasteiger partial charge in [-0.05, 0) is 169 Å². The van der Waals surface area contributed by atoms with Crippen LogP contribution >= 0.6 is 11.3 Å². The van der Waals surface area contributed by atoms with Crippen molar-refractivity contribution < 1.29 is 4.42 Å². The number of nitrogens with zero attached hydrogens (tertiary/aromatic N) is 1. The lowest BCUT2D eigenvalue weighted by atomic mass is 9.84. The average molecular weight is 1210 g/mol. The minimum atomic E-state index is 0.872. The number of furan rings is 1. The molecule has 0 N–H and O–H groups in total. The van der Waals surface area contributed by atoms with Gasteiger partial charge < -0.3 is 4.42 Å². The molecule has 0 bridgehead atoms. The normalized spacial score (nSPS) is 11.8. The van der Waals surface area contributed by atoms with E-state index in [1.54, 1.807) is 0 Å². The van der Waals surface area contributed by atoms with E-state index in [1.165, 1.54) is 114 Å². The largest absolute Gasteiger partial charge is 0.456 e. The Hall–Kier alpha value is -12.0. The van der Waals surface area contributed by atoms with Crippen molar-refractivity contribution in [3.05, 3.63) is 334 Å². The Morgan fingerprint density at radius 2 is 0.660 bits per heavy atom. The van der Waals surface area contributed by atoms with Crippen molar-refractivity contribution in [3.8, 4) is 100 Å². The second-order valence-electron chi connectivity index (χ2n) is 24.7. The first-order valence-electron chi connectivity index (χ1n) is 32.2. The SMILES string of the molecule is c1ccc(-c2ccc(-c3ccc4c(-c5cccc(-c6cccc7sc8c(-c9c%10ccccc%10c(-c%10ccc(-c%11cccc%12ccccc%11%12)cc%10)c%10ccc(-c%11ccccc%11)cc9%10)cccc8c67)n5)c5ccccc5c(-c5cccc6oc7ccccc7c56)c4c3)cc2)cc1.